The summed E-state index contributed by atoms with van der Waals surface area (Å²) in [6, 6.07) is 4.07. The van der Waals surface area contributed by atoms with Gasteiger partial charge in [0.25, 0.3) is 0 Å². The number of rotatable bonds is 2. The van der Waals surface area contributed by atoms with Crippen LogP contribution in [0.4, 0.5) is 13.2 Å². The van der Waals surface area contributed by atoms with Crippen LogP contribution >= 0.6 is 0 Å². The maximum atomic E-state index is 12.8. The first kappa shape index (κ1) is 13.9. The summed E-state index contributed by atoms with van der Waals surface area (Å²) >= 11 is 0. The number of aryl methyl sites for hydroxylation is 1. The lowest BCUT2D eigenvalue weighted by Gasteiger charge is -2.32. The number of alkyl halides is 3. The van der Waals surface area contributed by atoms with Gasteiger partial charge in [-0.05, 0) is 43.7 Å². The van der Waals surface area contributed by atoms with Gasteiger partial charge in [-0.15, -0.1) is 0 Å². The largest absolute Gasteiger partial charge is 0.391 e. The summed E-state index contributed by atoms with van der Waals surface area (Å²) in [5.74, 6) is -1.14. The lowest BCUT2D eigenvalue weighted by molar-refractivity contribution is -0.183. The Bertz CT molecular complexity index is 472. The van der Waals surface area contributed by atoms with E-state index in [0.29, 0.717) is 6.42 Å². The number of aromatic nitrogens is 1. The lowest BCUT2D eigenvalue weighted by atomic mass is 9.85. The summed E-state index contributed by atoms with van der Waals surface area (Å²) < 4.78 is 38.5. The van der Waals surface area contributed by atoms with Crippen LogP contribution in [0.1, 0.15) is 49.4 Å². The first-order chi connectivity index (χ1) is 9.54. The number of halogens is 3. The molecule has 0 radical (unpaired) electrons. The van der Waals surface area contributed by atoms with E-state index in [4.69, 9.17) is 0 Å². The molecule has 1 fully saturated rings. The van der Waals surface area contributed by atoms with Crippen molar-refractivity contribution in [3.05, 3.63) is 29.6 Å². The molecule has 5 heteroatoms. The second kappa shape index (κ2) is 5.35. The molecule has 0 spiro atoms. The van der Waals surface area contributed by atoms with Crippen molar-refractivity contribution in [3.8, 4) is 0 Å². The second-order valence-corrected chi connectivity index (χ2v) is 5.91. The average Bonchev–Trinajstić information content (AvgIpc) is 2.82. The summed E-state index contributed by atoms with van der Waals surface area (Å²) in [7, 11) is 0. The molecule has 0 aromatic carbocycles. The maximum absolute atomic E-state index is 12.8. The fraction of sp³-hybridized carbons (Fsp3) is 0.667. The van der Waals surface area contributed by atoms with Gasteiger partial charge in [0.15, 0.2) is 0 Å². The monoisotopic (exact) mass is 284 g/mol. The Labute approximate surface area is 116 Å². The highest BCUT2D eigenvalue weighted by Crippen LogP contribution is 2.39. The van der Waals surface area contributed by atoms with Gasteiger partial charge in [0.05, 0.1) is 17.7 Å². The first-order valence-electron chi connectivity index (χ1n) is 7.30. The van der Waals surface area contributed by atoms with E-state index in [1.165, 1.54) is 5.56 Å². The van der Waals surface area contributed by atoms with Crippen LogP contribution in [0.15, 0.2) is 18.3 Å². The molecule has 3 rings (SSSR count). The standard InChI is InChI=1S/C15H19F3N2/c16-15(17,18)11-4-1-5-12(9-11)20-13-7-6-10-3-2-8-19-14(10)13/h2-3,8,11-13,20H,1,4-7,9H2. The normalized spacial score (nSPS) is 30.2. The number of hydrogen-bond donors (Lipinski definition) is 1. The van der Waals surface area contributed by atoms with Crippen molar-refractivity contribution in [2.45, 2.75) is 56.8 Å². The molecule has 2 aliphatic rings. The minimum absolute atomic E-state index is 0.0340. The first-order valence-corrected chi connectivity index (χ1v) is 7.30. The SMILES string of the molecule is FC(F)(F)C1CCCC(NC2CCc3cccnc32)C1. The Morgan fingerprint density at radius 2 is 2.05 bits per heavy atom. The van der Waals surface area contributed by atoms with Crippen molar-refractivity contribution >= 4 is 0 Å². The highest BCUT2D eigenvalue weighted by molar-refractivity contribution is 5.28. The van der Waals surface area contributed by atoms with E-state index in [0.717, 1.165) is 25.0 Å². The average molecular weight is 284 g/mol. The van der Waals surface area contributed by atoms with Crippen LogP contribution in [0.25, 0.3) is 0 Å². The quantitative estimate of drug-likeness (QED) is 0.894. The molecule has 2 nitrogen and oxygen atoms in total. The summed E-state index contributed by atoms with van der Waals surface area (Å²) in [4.78, 5) is 4.39. The van der Waals surface area contributed by atoms with Gasteiger partial charge in [0, 0.05) is 12.2 Å². The Hall–Kier alpha value is -1.10. The van der Waals surface area contributed by atoms with E-state index in [9.17, 15) is 13.2 Å². The van der Waals surface area contributed by atoms with Crippen LogP contribution in [0.2, 0.25) is 0 Å². The van der Waals surface area contributed by atoms with Gasteiger partial charge in [-0.2, -0.15) is 13.2 Å². The van der Waals surface area contributed by atoms with Crippen LogP contribution < -0.4 is 5.32 Å². The number of pyridine rings is 1. The van der Waals surface area contributed by atoms with Gasteiger partial charge in [-0.3, -0.25) is 4.98 Å². The third-order valence-corrected chi connectivity index (χ3v) is 4.53. The summed E-state index contributed by atoms with van der Waals surface area (Å²) in [5.41, 5.74) is 2.26. The summed E-state index contributed by atoms with van der Waals surface area (Å²) in [5, 5.41) is 3.41. The van der Waals surface area contributed by atoms with Gasteiger partial charge >= 0.3 is 6.18 Å². The molecule has 0 bridgehead atoms. The number of nitrogens with one attached hydrogen (secondary N) is 1. The molecule has 0 saturated heterocycles. The fourth-order valence-corrected chi connectivity index (χ4v) is 3.50. The smallest absolute Gasteiger partial charge is 0.306 e. The predicted molar refractivity (Wildman–Crippen MR) is 70.2 cm³/mol. The van der Waals surface area contributed by atoms with E-state index >= 15 is 0 Å². The highest BCUT2D eigenvalue weighted by Gasteiger charge is 2.42. The van der Waals surface area contributed by atoms with Crippen LogP contribution in [-0.4, -0.2) is 17.2 Å². The Balaban J connectivity index is 1.64. The van der Waals surface area contributed by atoms with Crippen molar-refractivity contribution in [1.29, 1.82) is 0 Å². The number of hydrogen-bond acceptors (Lipinski definition) is 2. The lowest BCUT2D eigenvalue weighted by Crippen LogP contribution is -2.40. The Morgan fingerprint density at radius 1 is 1.20 bits per heavy atom. The van der Waals surface area contributed by atoms with E-state index in [1.54, 1.807) is 6.20 Å². The van der Waals surface area contributed by atoms with E-state index in [2.05, 4.69) is 16.4 Å². The number of fused-ring (bicyclic) bond motifs is 1. The van der Waals surface area contributed by atoms with Crippen LogP contribution in [0.5, 0.6) is 0 Å². The predicted octanol–water partition coefficient (Wildman–Crippen LogP) is 3.78. The topological polar surface area (TPSA) is 24.9 Å². The molecule has 1 N–H and O–H groups in total. The molecule has 1 aromatic heterocycles. The van der Waals surface area contributed by atoms with Crippen LogP contribution in [0.3, 0.4) is 0 Å². The maximum Gasteiger partial charge on any atom is 0.391 e. The Morgan fingerprint density at radius 3 is 2.85 bits per heavy atom. The zero-order chi connectivity index (χ0) is 14.2. The fourth-order valence-electron chi connectivity index (χ4n) is 3.50. The van der Waals surface area contributed by atoms with E-state index < -0.39 is 12.1 Å². The molecule has 3 atom stereocenters. The van der Waals surface area contributed by atoms with Gasteiger partial charge in [-0.25, -0.2) is 0 Å². The molecule has 0 amide bonds. The van der Waals surface area contributed by atoms with Crippen molar-refractivity contribution in [1.82, 2.24) is 10.3 Å². The molecule has 2 aliphatic carbocycles. The summed E-state index contributed by atoms with van der Waals surface area (Å²) in [6.07, 6.45) is 1.61. The van der Waals surface area contributed by atoms with E-state index in [-0.39, 0.29) is 24.9 Å². The zero-order valence-electron chi connectivity index (χ0n) is 11.3. The summed E-state index contributed by atoms with van der Waals surface area (Å²) in [6.45, 7) is 0. The third kappa shape index (κ3) is 2.82. The van der Waals surface area contributed by atoms with Crippen LogP contribution in [0, 0.1) is 5.92 Å². The van der Waals surface area contributed by atoms with Crippen LogP contribution in [-0.2, 0) is 6.42 Å². The molecule has 20 heavy (non-hydrogen) atoms. The molecule has 1 heterocycles. The molecule has 0 aliphatic heterocycles. The van der Waals surface area contributed by atoms with Crippen molar-refractivity contribution in [2.75, 3.05) is 0 Å². The van der Waals surface area contributed by atoms with Gasteiger partial charge in [-0.1, -0.05) is 12.5 Å². The molecule has 110 valence electrons. The number of nitrogens with zero attached hydrogens (tertiary/aromatic N) is 1. The van der Waals surface area contributed by atoms with Gasteiger partial charge in [0.1, 0.15) is 0 Å². The van der Waals surface area contributed by atoms with Gasteiger partial charge < -0.3 is 5.32 Å². The molecule has 1 aromatic rings. The van der Waals surface area contributed by atoms with Crippen molar-refractivity contribution < 1.29 is 13.2 Å². The Kier molecular flexibility index (Phi) is 3.71. The van der Waals surface area contributed by atoms with Crippen molar-refractivity contribution in [3.63, 3.8) is 0 Å². The highest BCUT2D eigenvalue weighted by atomic mass is 19.4. The third-order valence-electron chi connectivity index (χ3n) is 4.53. The minimum atomic E-state index is -4.05. The molecular weight excluding hydrogens is 265 g/mol. The minimum Gasteiger partial charge on any atom is -0.306 e. The zero-order valence-corrected chi connectivity index (χ0v) is 11.3. The van der Waals surface area contributed by atoms with Crippen molar-refractivity contribution in [2.24, 2.45) is 5.92 Å². The van der Waals surface area contributed by atoms with Gasteiger partial charge in [0.2, 0.25) is 0 Å². The molecular formula is C15H19F3N2. The van der Waals surface area contributed by atoms with E-state index in [1.807, 2.05) is 6.07 Å². The molecule has 3 unspecified atom stereocenters. The molecule has 1 saturated carbocycles. The second-order valence-electron chi connectivity index (χ2n) is 5.91.